The van der Waals surface area contributed by atoms with Crippen LogP contribution in [0.5, 0.6) is 5.75 Å². The molecule has 0 radical (unpaired) electrons. The van der Waals surface area contributed by atoms with Crippen LogP contribution < -0.4 is 4.74 Å². The first-order valence-electron chi connectivity index (χ1n) is 7.39. The molecule has 1 atom stereocenters. The van der Waals surface area contributed by atoms with Crippen molar-refractivity contribution in [2.24, 2.45) is 5.11 Å². The smallest absolute Gasteiger partial charge is 0.127 e. The lowest BCUT2D eigenvalue weighted by molar-refractivity contribution is 0.211. The SMILES string of the molecule is [N-]=[N+]=N[C@@H]1CCOc2c(CN3CCCCC3)cccc21. The quantitative estimate of drug-likeness (QED) is 0.477. The average Bonchev–Trinajstić information content (AvgIpc) is 2.50. The van der Waals surface area contributed by atoms with Crippen molar-refractivity contribution in [3.8, 4) is 5.75 Å². The van der Waals surface area contributed by atoms with Crippen LogP contribution >= 0.6 is 0 Å². The summed E-state index contributed by atoms with van der Waals surface area (Å²) in [6, 6.07) is 6.12. The summed E-state index contributed by atoms with van der Waals surface area (Å²) in [5.41, 5.74) is 11.0. The van der Waals surface area contributed by atoms with Crippen LogP contribution in [0, 0.1) is 0 Å². The number of rotatable bonds is 3. The van der Waals surface area contributed by atoms with Crippen molar-refractivity contribution in [2.75, 3.05) is 19.7 Å². The number of piperidine rings is 1. The zero-order valence-electron chi connectivity index (χ0n) is 11.7. The molecule has 1 fully saturated rings. The van der Waals surface area contributed by atoms with Crippen molar-refractivity contribution in [1.82, 2.24) is 4.90 Å². The number of azide groups is 1. The van der Waals surface area contributed by atoms with Crippen LogP contribution in [-0.4, -0.2) is 24.6 Å². The van der Waals surface area contributed by atoms with Crippen molar-refractivity contribution in [2.45, 2.75) is 38.3 Å². The Kier molecular flexibility index (Phi) is 4.09. The molecule has 5 nitrogen and oxygen atoms in total. The fourth-order valence-electron chi connectivity index (χ4n) is 3.14. The zero-order chi connectivity index (χ0) is 13.8. The highest BCUT2D eigenvalue weighted by molar-refractivity contribution is 5.44. The average molecular weight is 272 g/mol. The second-order valence-electron chi connectivity index (χ2n) is 5.53. The third-order valence-electron chi connectivity index (χ3n) is 4.16. The highest BCUT2D eigenvalue weighted by Gasteiger charge is 2.23. The number of likely N-dealkylation sites (tertiary alicyclic amines) is 1. The van der Waals surface area contributed by atoms with Gasteiger partial charge in [-0.3, -0.25) is 4.90 Å². The molecule has 1 aromatic rings. The second kappa shape index (κ2) is 6.16. The predicted molar refractivity (Wildman–Crippen MR) is 77.6 cm³/mol. The van der Waals surface area contributed by atoms with Gasteiger partial charge in [0, 0.05) is 22.6 Å². The van der Waals surface area contributed by atoms with Gasteiger partial charge in [0.1, 0.15) is 5.75 Å². The summed E-state index contributed by atoms with van der Waals surface area (Å²) in [6.07, 6.45) is 4.69. The molecule has 0 aromatic heterocycles. The molecule has 0 N–H and O–H groups in total. The van der Waals surface area contributed by atoms with Crippen LogP contribution in [0.4, 0.5) is 0 Å². The normalized spacial score (nSPS) is 22.5. The molecule has 0 unspecified atom stereocenters. The van der Waals surface area contributed by atoms with Gasteiger partial charge in [0.05, 0.1) is 12.6 Å². The lowest BCUT2D eigenvalue weighted by Gasteiger charge is -2.29. The Morgan fingerprint density at radius 3 is 2.95 bits per heavy atom. The molecule has 1 aromatic carbocycles. The van der Waals surface area contributed by atoms with Gasteiger partial charge in [-0.15, -0.1) is 0 Å². The lowest BCUT2D eigenvalue weighted by atomic mass is 9.97. The van der Waals surface area contributed by atoms with Gasteiger partial charge in [-0.1, -0.05) is 29.7 Å². The molecule has 3 rings (SSSR count). The van der Waals surface area contributed by atoms with Crippen LogP contribution in [0.15, 0.2) is 23.3 Å². The van der Waals surface area contributed by atoms with E-state index < -0.39 is 0 Å². The molecular formula is C15H20N4O. The molecule has 2 heterocycles. The molecule has 0 bridgehead atoms. The lowest BCUT2D eigenvalue weighted by Crippen LogP contribution is -2.29. The third-order valence-corrected chi connectivity index (χ3v) is 4.16. The first-order valence-corrected chi connectivity index (χ1v) is 7.39. The first-order chi connectivity index (χ1) is 9.88. The summed E-state index contributed by atoms with van der Waals surface area (Å²) in [7, 11) is 0. The maximum atomic E-state index is 8.68. The zero-order valence-corrected chi connectivity index (χ0v) is 11.7. The summed E-state index contributed by atoms with van der Waals surface area (Å²) in [4.78, 5) is 5.45. The van der Waals surface area contributed by atoms with E-state index in [-0.39, 0.29) is 6.04 Å². The van der Waals surface area contributed by atoms with Gasteiger partial charge < -0.3 is 4.74 Å². The highest BCUT2D eigenvalue weighted by Crippen LogP contribution is 2.37. The van der Waals surface area contributed by atoms with Crippen LogP contribution in [0.1, 0.15) is 42.9 Å². The molecule has 2 aliphatic heterocycles. The Hall–Kier alpha value is -1.71. The molecule has 1 saturated heterocycles. The van der Waals surface area contributed by atoms with Gasteiger partial charge in [-0.05, 0) is 37.9 Å². The van der Waals surface area contributed by atoms with E-state index in [1.165, 1.54) is 37.9 Å². The number of hydrogen-bond donors (Lipinski definition) is 0. The maximum Gasteiger partial charge on any atom is 0.127 e. The van der Waals surface area contributed by atoms with E-state index in [1.807, 2.05) is 12.1 Å². The monoisotopic (exact) mass is 272 g/mol. The van der Waals surface area contributed by atoms with Gasteiger partial charge >= 0.3 is 0 Å². The Morgan fingerprint density at radius 1 is 1.30 bits per heavy atom. The van der Waals surface area contributed by atoms with Crippen molar-refractivity contribution in [1.29, 1.82) is 0 Å². The minimum absolute atomic E-state index is 0.0787. The second-order valence-corrected chi connectivity index (χ2v) is 5.53. The molecule has 106 valence electrons. The summed E-state index contributed by atoms with van der Waals surface area (Å²) < 4.78 is 5.86. The van der Waals surface area contributed by atoms with Crippen molar-refractivity contribution < 1.29 is 4.74 Å². The molecule has 20 heavy (non-hydrogen) atoms. The summed E-state index contributed by atoms with van der Waals surface area (Å²) in [6.45, 7) is 3.91. The highest BCUT2D eigenvalue weighted by atomic mass is 16.5. The van der Waals surface area contributed by atoms with Gasteiger partial charge in [0.15, 0.2) is 0 Å². The minimum atomic E-state index is -0.0787. The topological polar surface area (TPSA) is 61.2 Å². The van der Waals surface area contributed by atoms with Gasteiger partial charge in [0.2, 0.25) is 0 Å². The Bertz CT molecular complexity index is 519. The maximum absolute atomic E-state index is 8.68. The standard InChI is InChI=1S/C15H20N4O/c16-18-17-14-7-10-20-15-12(5-4-6-13(14)15)11-19-8-2-1-3-9-19/h4-6,14H,1-3,7-11H2/t14-/m1/s1. The molecule has 0 saturated carbocycles. The predicted octanol–water partition coefficient (Wildman–Crippen LogP) is 3.81. The largest absolute Gasteiger partial charge is 0.493 e. The fourth-order valence-corrected chi connectivity index (χ4v) is 3.14. The van der Waals surface area contributed by atoms with Crippen LogP contribution in [0.2, 0.25) is 0 Å². The third kappa shape index (κ3) is 2.74. The van der Waals surface area contributed by atoms with Crippen molar-refractivity contribution in [3.63, 3.8) is 0 Å². The molecular weight excluding hydrogens is 252 g/mol. The minimum Gasteiger partial charge on any atom is -0.493 e. The van der Waals surface area contributed by atoms with E-state index >= 15 is 0 Å². The number of fused-ring (bicyclic) bond motifs is 1. The van der Waals surface area contributed by atoms with Crippen LogP contribution in [0.25, 0.3) is 10.4 Å². The first kappa shape index (κ1) is 13.3. The Balaban J connectivity index is 1.84. The van der Waals surface area contributed by atoms with E-state index in [2.05, 4.69) is 21.0 Å². The molecule has 0 aliphatic carbocycles. The Morgan fingerprint density at radius 2 is 2.15 bits per heavy atom. The van der Waals surface area contributed by atoms with E-state index in [1.54, 1.807) is 0 Å². The number of ether oxygens (including phenoxy) is 1. The summed E-state index contributed by atoms with van der Waals surface area (Å²) in [5, 5.41) is 3.90. The number of benzene rings is 1. The summed E-state index contributed by atoms with van der Waals surface area (Å²) in [5.74, 6) is 0.946. The van der Waals surface area contributed by atoms with Crippen LogP contribution in [-0.2, 0) is 6.54 Å². The van der Waals surface area contributed by atoms with E-state index in [0.717, 1.165) is 24.3 Å². The number of para-hydroxylation sites is 1. The number of nitrogens with zero attached hydrogens (tertiary/aromatic N) is 4. The van der Waals surface area contributed by atoms with E-state index in [9.17, 15) is 0 Å². The van der Waals surface area contributed by atoms with Gasteiger partial charge in [-0.25, -0.2) is 0 Å². The molecule has 0 spiro atoms. The fraction of sp³-hybridized carbons (Fsp3) is 0.600. The number of hydrogen-bond acceptors (Lipinski definition) is 3. The van der Waals surface area contributed by atoms with Gasteiger partial charge in [0.25, 0.3) is 0 Å². The van der Waals surface area contributed by atoms with E-state index in [0.29, 0.717) is 6.61 Å². The van der Waals surface area contributed by atoms with E-state index in [4.69, 9.17) is 10.3 Å². The Labute approximate surface area is 119 Å². The van der Waals surface area contributed by atoms with Gasteiger partial charge in [-0.2, -0.15) is 0 Å². The van der Waals surface area contributed by atoms with Crippen molar-refractivity contribution >= 4 is 0 Å². The summed E-state index contributed by atoms with van der Waals surface area (Å²) >= 11 is 0. The molecule has 5 heteroatoms. The molecule has 0 amide bonds. The van der Waals surface area contributed by atoms with Crippen molar-refractivity contribution in [3.05, 3.63) is 39.8 Å². The van der Waals surface area contributed by atoms with Crippen LogP contribution in [0.3, 0.4) is 0 Å². The molecule has 2 aliphatic rings.